The Labute approximate surface area is 209 Å². The number of likely N-dealkylation sites (N-methyl/N-ethyl adjacent to an activating group) is 1. The molecule has 0 aliphatic heterocycles. The molecule has 0 aliphatic carbocycles. The summed E-state index contributed by atoms with van der Waals surface area (Å²) in [6.45, 7) is 2.54. The number of nitrogens with zero attached hydrogens (tertiary/aromatic N) is 3. The Morgan fingerprint density at radius 3 is 2.39 bits per heavy atom. The second-order valence-electron chi connectivity index (χ2n) is 8.27. The van der Waals surface area contributed by atoms with Crippen molar-refractivity contribution in [1.29, 1.82) is 0 Å². The van der Waals surface area contributed by atoms with Crippen LogP contribution < -0.4 is 10.2 Å². The molecule has 3 aromatic carbocycles. The molecule has 4 rings (SSSR count). The van der Waals surface area contributed by atoms with Crippen molar-refractivity contribution in [2.45, 2.75) is 32.6 Å². The quantitative estimate of drug-likeness (QED) is 0.323. The first-order valence-corrected chi connectivity index (χ1v) is 11.8. The second kappa shape index (κ2) is 11.9. The van der Waals surface area contributed by atoms with E-state index in [0.717, 1.165) is 11.3 Å². The van der Waals surface area contributed by atoms with Gasteiger partial charge < -0.3 is 14.7 Å². The molecule has 36 heavy (non-hydrogen) atoms. The largest absolute Gasteiger partial charge is 0.339 e. The highest BCUT2D eigenvalue weighted by Gasteiger charge is 2.14. The maximum Gasteiger partial charge on any atom is 0.231 e. The van der Waals surface area contributed by atoms with Crippen molar-refractivity contribution in [2.75, 3.05) is 16.8 Å². The van der Waals surface area contributed by atoms with Crippen LogP contribution in [0.15, 0.2) is 83.4 Å². The minimum Gasteiger partial charge on any atom is -0.339 e. The van der Waals surface area contributed by atoms with E-state index in [1.54, 1.807) is 29.2 Å². The molecule has 0 atom stereocenters. The first-order valence-electron chi connectivity index (χ1n) is 11.8. The van der Waals surface area contributed by atoms with Crippen molar-refractivity contribution in [3.63, 3.8) is 0 Å². The van der Waals surface area contributed by atoms with Crippen LogP contribution in [-0.4, -0.2) is 28.5 Å². The molecule has 2 amide bonds. The number of halogens is 1. The van der Waals surface area contributed by atoms with Gasteiger partial charge in [0.15, 0.2) is 0 Å². The van der Waals surface area contributed by atoms with E-state index in [0.29, 0.717) is 42.4 Å². The van der Waals surface area contributed by atoms with Crippen LogP contribution in [0.1, 0.15) is 31.2 Å². The Hall–Kier alpha value is -4.33. The molecule has 0 radical (unpaired) electrons. The molecule has 8 heteroatoms. The Morgan fingerprint density at radius 1 is 0.972 bits per heavy atom. The number of hydrogen-bond donors (Lipinski definition) is 1. The van der Waals surface area contributed by atoms with Crippen molar-refractivity contribution >= 4 is 23.2 Å². The fraction of sp³-hybridized carbons (Fsp3) is 0.214. The van der Waals surface area contributed by atoms with E-state index >= 15 is 0 Å². The van der Waals surface area contributed by atoms with E-state index in [9.17, 15) is 14.0 Å². The molecule has 1 aromatic heterocycles. The van der Waals surface area contributed by atoms with Crippen molar-refractivity contribution in [3.8, 4) is 11.4 Å². The smallest absolute Gasteiger partial charge is 0.231 e. The third kappa shape index (κ3) is 6.63. The molecule has 184 valence electrons. The van der Waals surface area contributed by atoms with Gasteiger partial charge in [0.1, 0.15) is 5.82 Å². The highest BCUT2D eigenvalue weighted by molar-refractivity contribution is 5.95. The van der Waals surface area contributed by atoms with Gasteiger partial charge in [-0.05, 0) is 67.4 Å². The van der Waals surface area contributed by atoms with E-state index < -0.39 is 0 Å². The van der Waals surface area contributed by atoms with E-state index in [1.165, 1.54) is 12.1 Å². The number of para-hydroxylation sites is 1. The van der Waals surface area contributed by atoms with E-state index in [2.05, 4.69) is 15.5 Å². The highest BCUT2D eigenvalue weighted by atomic mass is 19.1. The fourth-order valence-corrected chi connectivity index (χ4v) is 3.78. The maximum absolute atomic E-state index is 13.1. The number of rotatable bonds is 10. The standard InChI is InChI=1S/C28H27FN4O3/c1-2-33(24-7-4-3-5-8-24)27(35)19-20-11-17-23(18-12-20)30-25(34)9-6-10-26-31-28(32-36-26)21-13-15-22(29)16-14-21/h3-5,7-8,11-18H,2,6,9-10,19H2,1H3,(H,30,34). The third-order valence-corrected chi connectivity index (χ3v) is 5.64. The lowest BCUT2D eigenvalue weighted by Crippen LogP contribution is -2.31. The van der Waals surface area contributed by atoms with Crippen molar-refractivity contribution in [2.24, 2.45) is 0 Å². The van der Waals surface area contributed by atoms with Gasteiger partial charge in [-0.25, -0.2) is 4.39 Å². The van der Waals surface area contributed by atoms with Crippen LogP contribution in [0.4, 0.5) is 15.8 Å². The summed E-state index contributed by atoms with van der Waals surface area (Å²) in [4.78, 5) is 31.1. The second-order valence-corrected chi connectivity index (χ2v) is 8.27. The topological polar surface area (TPSA) is 88.3 Å². The number of carbonyl (C=O) groups excluding carboxylic acids is 2. The Kier molecular flexibility index (Phi) is 8.18. The van der Waals surface area contributed by atoms with Crippen LogP contribution in [0.5, 0.6) is 0 Å². The van der Waals surface area contributed by atoms with E-state index in [1.807, 2.05) is 49.4 Å². The number of nitrogens with one attached hydrogen (secondary N) is 1. The predicted octanol–water partition coefficient (Wildman–Crippen LogP) is 5.43. The molecule has 0 aliphatic rings. The molecular weight excluding hydrogens is 459 g/mol. The lowest BCUT2D eigenvalue weighted by Gasteiger charge is -2.21. The van der Waals surface area contributed by atoms with Crippen LogP contribution >= 0.6 is 0 Å². The first-order chi connectivity index (χ1) is 17.5. The fourth-order valence-electron chi connectivity index (χ4n) is 3.78. The molecule has 0 bridgehead atoms. The molecule has 1 heterocycles. The van der Waals surface area contributed by atoms with E-state index in [4.69, 9.17) is 4.52 Å². The van der Waals surface area contributed by atoms with Gasteiger partial charge in [-0.2, -0.15) is 4.98 Å². The van der Waals surface area contributed by atoms with Gasteiger partial charge in [-0.15, -0.1) is 0 Å². The lowest BCUT2D eigenvalue weighted by molar-refractivity contribution is -0.118. The van der Waals surface area contributed by atoms with Gasteiger partial charge in [0, 0.05) is 36.3 Å². The van der Waals surface area contributed by atoms with Crippen LogP contribution in [0, 0.1) is 5.82 Å². The zero-order chi connectivity index (χ0) is 25.3. The molecular formula is C28H27FN4O3. The van der Waals surface area contributed by atoms with Crippen molar-refractivity contribution in [1.82, 2.24) is 10.1 Å². The number of benzene rings is 3. The molecule has 0 saturated carbocycles. The number of hydrogen-bond acceptors (Lipinski definition) is 5. The SMILES string of the molecule is CCN(C(=O)Cc1ccc(NC(=O)CCCc2nc(-c3ccc(F)cc3)no2)cc1)c1ccccc1. The molecule has 0 spiro atoms. The van der Waals surface area contributed by atoms with Crippen molar-refractivity contribution in [3.05, 3.63) is 96.1 Å². The number of carbonyl (C=O) groups is 2. The summed E-state index contributed by atoms with van der Waals surface area (Å²) in [6, 6.07) is 22.7. The average molecular weight is 487 g/mol. The minimum absolute atomic E-state index is 0.0177. The van der Waals surface area contributed by atoms with E-state index in [-0.39, 0.29) is 30.5 Å². The third-order valence-electron chi connectivity index (χ3n) is 5.64. The molecule has 0 unspecified atom stereocenters. The van der Waals surface area contributed by atoms with Gasteiger partial charge in [0.2, 0.25) is 23.5 Å². The summed E-state index contributed by atoms with van der Waals surface area (Å²) in [6.07, 6.45) is 1.56. The number of amides is 2. The van der Waals surface area contributed by atoms with Crippen LogP contribution in [0.3, 0.4) is 0 Å². The zero-order valence-corrected chi connectivity index (χ0v) is 20.0. The zero-order valence-electron chi connectivity index (χ0n) is 20.0. The van der Waals surface area contributed by atoms with Gasteiger partial charge in [-0.1, -0.05) is 35.5 Å². The van der Waals surface area contributed by atoms with Crippen LogP contribution in [-0.2, 0) is 22.4 Å². The Morgan fingerprint density at radius 2 is 1.69 bits per heavy atom. The van der Waals surface area contributed by atoms with Gasteiger partial charge in [0.05, 0.1) is 6.42 Å². The average Bonchev–Trinajstić information content (AvgIpc) is 3.36. The molecule has 0 saturated heterocycles. The molecule has 4 aromatic rings. The molecule has 7 nitrogen and oxygen atoms in total. The highest BCUT2D eigenvalue weighted by Crippen LogP contribution is 2.18. The molecule has 1 N–H and O–H groups in total. The normalized spacial score (nSPS) is 10.7. The Balaban J connectivity index is 1.23. The molecule has 0 fully saturated rings. The Bertz CT molecular complexity index is 1290. The summed E-state index contributed by atoms with van der Waals surface area (Å²) in [5, 5.41) is 6.78. The summed E-state index contributed by atoms with van der Waals surface area (Å²) in [5.74, 6) is 0.372. The summed E-state index contributed by atoms with van der Waals surface area (Å²) >= 11 is 0. The maximum atomic E-state index is 13.1. The van der Waals surface area contributed by atoms with Crippen molar-refractivity contribution < 1.29 is 18.5 Å². The number of aromatic nitrogens is 2. The van der Waals surface area contributed by atoms with Gasteiger partial charge >= 0.3 is 0 Å². The number of anilines is 2. The minimum atomic E-state index is -0.331. The van der Waals surface area contributed by atoms with Gasteiger partial charge in [0.25, 0.3) is 0 Å². The summed E-state index contributed by atoms with van der Waals surface area (Å²) in [5.41, 5.74) is 3.08. The summed E-state index contributed by atoms with van der Waals surface area (Å²) < 4.78 is 18.3. The first kappa shape index (κ1) is 24.8. The monoisotopic (exact) mass is 486 g/mol. The van der Waals surface area contributed by atoms with Crippen LogP contribution in [0.2, 0.25) is 0 Å². The predicted molar refractivity (Wildman–Crippen MR) is 136 cm³/mol. The van der Waals surface area contributed by atoms with Gasteiger partial charge in [-0.3, -0.25) is 9.59 Å². The number of aryl methyl sites for hydroxylation is 1. The lowest BCUT2D eigenvalue weighted by atomic mass is 10.1. The van der Waals surface area contributed by atoms with Crippen LogP contribution in [0.25, 0.3) is 11.4 Å². The summed E-state index contributed by atoms with van der Waals surface area (Å²) in [7, 11) is 0.